The molecule has 7 heteroatoms. The summed E-state index contributed by atoms with van der Waals surface area (Å²) in [6.45, 7) is 1.55. The van der Waals surface area contributed by atoms with E-state index in [9.17, 15) is 14.3 Å². The molecule has 0 aliphatic heterocycles. The van der Waals surface area contributed by atoms with Crippen LogP contribution in [0.5, 0.6) is 0 Å². The smallest absolute Gasteiger partial charge is 0.231 e. The predicted molar refractivity (Wildman–Crippen MR) is 97.2 cm³/mol. The van der Waals surface area contributed by atoms with Crippen LogP contribution in [0.2, 0.25) is 0 Å². The summed E-state index contributed by atoms with van der Waals surface area (Å²) in [7, 11) is 1.84. The van der Waals surface area contributed by atoms with Crippen LogP contribution >= 0.6 is 0 Å². The zero-order valence-electron chi connectivity index (χ0n) is 15.3. The fraction of sp³-hybridized carbons (Fsp3) is 0.350. The van der Waals surface area contributed by atoms with Gasteiger partial charge in [0.15, 0.2) is 0 Å². The summed E-state index contributed by atoms with van der Waals surface area (Å²) in [4.78, 5) is 13.0. The lowest BCUT2D eigenvalue weighted by Crippen LogP contribution is -2.13. The molecule has 0 bridgehead atoms. The van der Waals surface area contributed by atoms with Crippen LogP contribution in [0, 0.1) is 11.7 Å². The van der Waals surface area contributed by atoms with Gasteiger partial charge in [0, 0.05) is 18.3 Å². The van der Waals surface area contributed by atoms with Crippen LogP contribution in [0.3, 0.4) is 0 Å². The summed E-state index contributed by atoms with van der Waals surface area (Å²) in [6, 6.07) is 7.49. The number of benzene rings is 1. The highest BCUT2D eigenvalue weighted by Crippen LogP contribution is 2.32. The summed E-state index contributed by atoms with van der Waals surface area (Å²) in [5.74, 6) is -0.0168. The van der Waals surface area contributed by atoms with Crippen LogP contribution in [0.4, 0.5) is 4.39 Å². The van der Waals surface area contributed by atoms with Crippen LogP contribution in [0.25, 0.3) is 5.69 Å². The number of hydrogen-bond donors (Lipinski definition) is 1. The van der Waals surface area contributed by atoms with Crippen molar-refractivity contribution >= 4 is 5.78 Å². The number of halogens is 1. The number of hydrogen-bond acceptors (Lipinski definition) is 4. The third-order valence-corrected chi connectivity index (χ3v) is 4.95. The highest BCUT2D eigenvalue weighted by atomic mass is 19.1. The number of aliphatic hydroxyl groups is 1. The maximum absolute atomic E-state index is 13.6. The summed E-state index contributed by atoms with van der Waals surface area (Å²) in [5.41, 5.74) is 2.55. The largest absolute Gasteiger partial charge is 0.389 e. The molecule has 0 unspecified atom stereocenters. The zero-order chi connectivity index (χ0) is 19.1. The minimum absolute atomic E-state index is 0.258. The number of aryl methyl sites for hydroxylation is 1. The number of carbonyl (C=O) groups excluding carboxylic acids is 1. The molecule has 0 spiro atoms. The van der Waals surface area contributed by atoms with Crippen molar-refractivity contribution in [1.82, 2.24) is 19.6 Å². The third-order valence-electron chi connectivity index (χ3n) is 4.95. The molecule has 1 aromatic carbocycles. The number of carbonyl (C=O) groups is 1. The quantitative estimate of drug-likeness (QED) is 0.679. The van der Waals surface area contributed by atoms with Crippen molar-refractivity contribution in [2.45, 2.75) is 32.3 Å². The lowest BCUT2D eigenvalue weighted by atomic mass is 10.1. The van der Waals surface area contributed by atoms with E-state index in [1.807, 2.05) is 13.1 Å². The topological polar surface area (TPSA) is 72.9 Å². The first kappa shape index (κ1) is 17.6. The van der Waals surface area contributed by atoms with Gasteiger partial charge in [-0.05, 0) is 62.4 Å². The highest BCUT2D eigenvalue weighted by Gasteiger charge is 2.26. The summed E-state index contributed by atoms with van der Waals surface area (Å²) in [5, 5.41) is 18.6. The standard InChI is InChI=1S/C20H21FN4O2/c1-12(26)16-10-14(21)5-6-18(16)25-19(7-8-22-25)20(27)17-11-15(24(2)23-17)9-13-3-4-13/h5-8,10-13,26H,3-4,9H2,1-2H3/t12-/m1/s1. The molecule has 6 nitrogen and oxygen atoms in total. The molecule has 0 radical (unpaired) electrons. The monoisotopic (exact) mass is 368 g/mol. The Balaban J connectivity index is 1.71. The van der Waals surface area contributed by atoms with Crippen LogP contribution < -0.4 is 0 Å². The Kier molecular flexibility index (Phi) is 4.39. The van der Waals surface area contributed by atoms with E-state index in [0.717, 1.165) is 12.1 Å². The number of ketones is 1. The average Bonchev–Trinajstić information content (AvgIpc) is 3.18. The van der Waals surface area contributed by atoms with Crippen molar-refractivity contribution in [3.05, 3.63) is 65.0 Å². The Hall–Kier alpha value is -2.80. The summed E-state index contributed by atoms with van der Waals surface area (Å²) >= 11 is 0. The van der Waals surface area contributed by atoms with Gasteiger partial charge < -0.3 is 5.11 Å². The van der Waals surface area contributed by atoms with Crippen molar-refractivity contribution in [2.75, 3.05) is 0 Å². The second kappa shape index (κ2) is 6.74. The van der Waals surface area contributed by atoms with Gasteiger partial charge in [0.1, 0.15) is 17.2 Å². The van der Waals surface area contributed by atoms with Gasteiger partial charge in [0.25, 0.3) is 0 Å². The third kappa shape index (κ3) is 3.42. The summed E-state index contributed by atoms with van der Waals surface area (Å²) < 4.78 is 16.8. The predicted octanol–water partition coefficient (Wildman–Crippen LogP) is 2.98. The van der Waals surface area contributed by atoms with E-state index >= 15 is 0 Å². The maximum Gasteiger partial charge on any atom is 0.231 e. The lowest BCUT2D eigenvalue weighted by Gasteiger charge is -2.14. The van der Waals surface area contributed by atoms with Crippen molar-refractivity contribution < 1.29 is 14.3 Å². The molecule has 0 amide bonds. The van der Waals surface area contributed by atoms with Gasteiger partial charge in [-0.3, -0.25) is 9.48 Å². The minimum Gasteiger partial charge on any atom is -0.389 e. The van der Waals surface area contributed by atoms with Crippen LogP contribution in [0.15, 0.2) is 36.5 Å². The van der Waals surface area contributed by atoms with Gasteiger partial charge in [-0.25, -0.2) is 9.07 Å². The minimum atomic E-state index is -0.900. The zero-order valence-corrected chi connectivity index (χ0v) is 15.3. The second-order valence-electron chi connectivity index (χ2n) is 7.13. The van der Waals surface area contributed by atoms with E-state index in [4.69, 9.17) is 0 Å². The van der Waals surface area contributed by atoms with Crippen molar-refractivity contribution in [3.63, 3.8) is 0 Å². The van der Waals surface area contributed by atoms with Crippen LogP contribution in [0.1, 0.15) is 53.3 Å². The molecule has 2 heterocycles. The SMILES string of the molecule is C[C@@H](O)c1cc(F)ccc1-n1nccc1C(=O)c1cc(CC2CC2)n(C)n1. The first-order chi connectivity index (χ1) is 12.9. The first-order valence-corrected chi connectivity index (χ1v) is 9.03. The fourth-order valence-corrected chi connectivity index (χ4v) is 3.28. The second-order valence-corrected chi connectivity index (χ2v) is 7.13. The number of rotatable bonds is 6. The Morgan fingerprint density at radius 1 is 1.33 bits per heavy atom. The van der Waals surface area contributed by atoms with Crippen molar-refractivity contribution in [2.24, 2.45) is 13.0 Å². The molecule has 3 aromatic rings. The van der Waals surface area contributed by atoms with Gasteiger partial charge in [-0.1, -0.05) is 0 Å². The fourth-order valence-electron chi connectivity index (χ4n) is 3.28. The Morgan fingerprint density at radius 3 is 2.81 bits per heavy atom. The molecular formula is C20H21FN4O2. The molecule has 4 rings (SSSR count). The van der Waals surface area contributed by atoms with Gasteiger partial charge >= 0.3 is 0 Å². The molecule has 1 aliphatic carbocycles. The lowest BCUT2D eigenvalue weighted by molar-refractivity contribution is 0.102. The van der Waals surface area contributed by atoms with Gasteiger partial charge in [-0.2, -0.15) is 10.2 Å². The molecule has 2 aromatic heterocycles. The van der Waals surface area contributed by atoms with E-state index < -0.39 is 11.9 Å². The number of aromatic nitrogens is 4. The summed E-state index contributed by atoms with van der Waals surface area (Å²) in [6.07, 6.45) is 4.00. The average molecular weight is 368 g/mol. The Morgan fingerprint density at radius 2 is 2.11 bits per heavy atom. The molecule has 1 aliphatic rings. The molecule has 1 atom stereocenters. The van der Waals surface area contributed by atoms with Gasteiger partial charge in [0.2, 0.25) is 5.78 Å². The Bertz CT molecular complexity index is 1000. The van der Waals surface area contributed by atoms with E-state index in [2.05, 4.69) is 10.2 Å². The van der Waals surface area contributed by atoms with Gasteiger partial charge in [-0.15, -0.1) is 0 Å². The number of nitrogens with zero attached hydrogens (tertiary/aromatic N) is 4. The molecule has 0 saturated heterocycles. The highest BCUT2D eigenvalue weighted by molar-refractivity contribution is 6.07. The van der Waals surface area contributed by atoms with Crippen molar-refractivity contribution in [1.29, 1.82) is 0 Å². The number of aliphatic hydroxyl groups excluding tert-OH is 1. The van der Waals surface area contributed by atoms with Gasteiger partial charge in [0.05, 0.1) is 18.0 Å². The molecule has 27 heavy (non-hydrogen) atoms. The Labute approximate surface area is 156 Å². The van der Waals surface area contributed by atoms with E-state index in [-0.39, 0.29) is 5.78 Å². The molecular weight excluding hydrogens is 347 g/mol. The molecule has 1 N–H and O–H groups in total. The van der Waals surface area contributed by atoms with Crippen LogP contribution in [-0.2, 0) is 13.5 Å². The van der Waals surface area contributed by atoms with Crippen LogP contribution in [-0.4, -0.2) is 30.5 Å². The van der Waals surface area contributed by atoms with E-state index in [1.54, 1.807) is 17.7 Å². The maximum atomic E-state index is 13.6. The normalized spacial score (nSPS) is 15.1. The van der Waals surface area contributed by atoms with Crippen molar-refractivity contribution in [3.8, 4) is 5.69 Å². The first-order valence-electron chi connectivity index (χ1n) is 9.03. The molecule has 1 fully saturated rings. The van der Waals surface area contributed by atoms with E-state index in [0.29, 0.717) is 28.6 Å². The van der Waals surface area contributed by atoms with E-state index in [1.165, 1.54) is 41.9 Å². The molecule has 140 valence electrons. The molecule has 1 saturated carbocycles.